The van der Waals surface area contributed by atoms with Crippen LogP contribution in [-0.4, -0.2) is 29.1 Å². The van der Waals surface area contributed by atoms with E-state index in [1.54, 1.807) is 28.4 Å². The highest BCUT2D eigenvalue weighted by Crippen LogP contribution is 2.34. The first-order valence-electron chi connectivity index (χ1n) is 10.4. The Morgan fingerprint density at radius 2 is 1.77 bits per heavy atom. The van der Waals surface area contributed by atoms with Crippen molar-refractivity contribution >= 4 is 23.1 Å². The number of benzene rings is 2. The molecule has 5 rings (SSSR count). The first-order valence-corrected chi connectivity index (χ1v) is 11.3. The highest BCUT2D eigenvalue weighted by Gasteiger charge is 2.28. The van der Waals surface area contributed by atoms with Gasteiger partial charge in [0.2, 0.25) is 0 Å². The van der Waals surface area contributed by atoms with Gasteiger partial charge in [0.05, 0.1) is 16.4 Å². The number of hydrogen-bond acceptors (Lipinski definition) is 6. The van der Waals surface area contributed by atoms with Gasteiger partial charge in [0, 0.05) is 24.4 Å². The number of likely N-dealkylation sites (tertiary alicyclic amines) is 1. The van der Waals surface area contributed by atoms with Crippen molar-refractivity contribution in [2.75, 3.05) is 13.1 Å². The lowest BCUT2D eigenvalue weighted by molar-refractivity contribution is 0.0510. The zero-order chi connectivity index (χ0) is 21.0. The van der Waals surface area contributed by atoms with Crippen LogP contribution in [0.2, 0.25) is 0 Å². The van der Waals surface area contributed by atoms with Crippen molar-refractivity contribution in [3.8, 4) is 5.75 Å². The second-order valence-corrected chi connectivity index (χ2v) is 8.53. The van der Waals surface area contributed by atoms with Gasteiger partial charge in [0.15, 0.2) is 0 Å². The number of thiazole rings is 1. The number of hydrogen-bond donors (Lipinski definition) is 1. The molecule has 0 saturated carbocycles. The first-order chi connectivity index (χ1) is 15.3. The number of ether oxygens (including phenoxy) is 1. The van der Waals surface area contributed by atoms with E-state index in [0.29, 0.717) is 24.8 Å². The lowest BCUT2D eigenvalue weighted by atomic mass is 9.98. The van der Waals surface area contributed by atoms with Crippen molar-refractivity contribution in [2.24, 2.45) is 0 Å². The fourth-order valence-corrected chi connectivity index (χ4v) is 4.84. The topological polar surface area (TPSA) is 63.7 Å². The molecule has 1 unspecified atom stereocenters. The maximum Gasteiger partial charge on any atom is 0.415 e. The number of rotatable bonds is 4. The molecule has 1 saturated heterocycles. The van der Waals surface area contributed by atoms with Gasteiger partial charge in [-0.3, -0.25) is 10.3 Å². The standard InChI is InChI=1S/C24H23N3O3S/c28-24(29-19-9-5-2-6-10-19)27-13-11-18(12-14-27)23-25-21(16-31-23)20-15-22(30-26-20)17-7-3-1-4-8-17/h1-10,15-16,18,22,26H,11-14H2. The van der Waals surface area contributed by atoms with E-state index in [4.69, 9.17) is 14.6 Å². The summed E-state index contributed by atoms with van der Waals surface area (Å²) >= 11 is 1.67. The summed E-state index contributed by atoms with van der Waals surface area (Å²) in [4.78, 5) is 24.7. The van der Waals surface area contributed by atoms with E-state index in [1.165, 1.54) is 0 Å². The van der Waals surface area contributed by atoms with Crippen molar-refractivity contribution in [2.45, 2.75) is 24.9 Å². The summed E-state index contributed by atoms with van der Waals surface area (Å²) in [6.07, 6.45) is 3.43. The van der Waals surface area contributed by atoms with E-state index >= 15 is 0 Å². The van der Waals surface area contributed by atoms with E-state index in [1.807, 2.05) is 36.4 Å². The zero-order valence-electron chi connectivity index (χ0n) is 16.9. The molecule has 0 bridgehead atoms. The predicted molar refractivity (Wildman–Crippen MR) is 120 cm³/mol. The van der Waals surface area contributed by atoms with Gasteiger partial charge in [0.1, 0.15) is 11.9 Å². The Hall–Kier alpha value is -3.16. The van der Waals surface area contributed by atoms with Gasteiger partial charge in [0.25, 0.3) is 0 Å². The predicted octanol–water partition coefficient (Wildman–Crippen LogP) is 5.14. The average molecular weight is 434 g/mol. The number of carbonyl (C=O) groups is 1. The van der Waals surface area contributed by atoms with Gasteiger partial charge in [-0.2, -0.15) is 0 Å². The van der Waals surface area contributed by atoms with Gasteiger partial charge >= 0.3 is 6.09 Å². The van der Waals surface area contributed by atoms with Gasteiger partial charge in [-0.15, -0.1) is 11.3 Å². The number of para-hydroxylation sites is 1. The van der Waals surface area contributed by atoms with Gasteiger partial charge in [-0.1, -0.05) is 48.5 Å². The normalized spacial score (nSPS) is 19.0. The Morgan fingerprint density at radius 3 is 2.52 bits per heavy atom. The van der Waals surface area contributed by atoms with E-state index in [0.717, 1.165) is 34.8 Å². The third-order valence-corrected chi connectivity index (χ3v) is 6.60. The van der Waals surface area contributed by atoms with Crippen LogP contribution >= 0.6 is 11.3 Å². The highest BCUT2D eigenvalue weighted by atomic mass is 32.1. The minimum absolute atomic E-state index is 0.111. The number of nitrogens with one attached hydrogen (secondary N) is 1. The Labute approximate surface area is 185 Å². The maximum atomic E-state index is 12.4. The average Bonchev–Trinajstić information content (AvgIpc) is 3.51. The molecule has 1 atom stereocenters. The van der Waals surface area contributed by atoms with Crippen molar-refractivity contribution in [3.05, 3.63) is 88.4 Å². The summed E-state index contributed by atoms with van der Waals surface area (Å²) in [6, 6.07) is 19.3. The monoisotopic (exact) mass is 433 g/mol. The van der Waals surface area contributed by atoms with Crippen molar-refractivity contribution in [1.82, 2.24) is 15.4 Å². The molecular formula is C24H23N3O3S. The highest BCUT2D eigenvalue weighted by molar-refractivity contribution is 7.09. The van der Waals surface area contributed by atoms with Crippen LogP contribution in [0.3, 0.4) is 0 Å². The molecule has 7 heteroatoms. The fraction of sp³-hybridized carbons (Fsp3) is 0.250. The van der Waals surface area contributed by atoms with E-state index in [-0.39, 0.29) is 12.2 Å². The van der Waals surface area contributed by atoms with Crippen LogP contribution in [0, 0.1) is 0 Å². The molecule has 1 aromatic heterocycles. The number of hydroxylamine groups is 1. The van der Waals surface area contributed by atoms with Crippen LogP contribution in [0.1, 0.15) is 41.1 Å². The smallest absolute Gasteiger partial charge is 0.410 e. The van der Waals surface area contributed by atoms with E-state index in [9.17, 15) is 4.79 Å². The summed E-state index contributed by atoms with van der Waals surface area (Å²) < 4.78 is 5.46. The summed E-state index contributed by atoms with van der Waals surface area (Å²) in [6.45, 7) is 1.34. The first kappa shape index (κ1) is 19.8. The molecule has 0 aliphatic carbocycles. The molecule has 0 spiro atoms. The van der Waals surface area contributed by atoms with Crippen molar-refractivity contribution < 1.29 is 14.4 Å². The molecule has 31 heavy (non-hydrogen) atoms. The van der Waals surface area contributed by atoms with Crippen LogP contribution in [0.15, 0.2) is 72.1 Å². The lowest BCUT2D eigenvalue weighted by Gasteiger charge is -2.30. The third-order valence-electron chi connectivity index (χ3n) is 5.59. The molecule has 0 radical (unpaired) electrons. The second kappa shape index (κ2) is 8.91. The van der Waals surface area contributed by atoms with E-state index < -0.39 is 0 Å². The van der Waals surface area contributed by atoms with Crippen LogP contribution in [0.4, 0.5) is 4.79 Å². The molecule has 3 heterocycles. The Bertz CT molecular complexity index is 1060. The van der Waals surface area contributed by atoms with Crippen LogP contribution in [-0.2, 0) is 4.84 Å². The van der Waals surface area contributed by atoms with Crippen LogP contribution < -0.4 is 10.2 Å². The Morgan fingerprint density at radius 1 is 1.06 bits per heavy atom. The van der Waals surface area contributed by atoms with Crippen LogP contribution in [0.25, 0.3) is 5.70 Å². The largest absolute Gasteiger partial charge is 0.415 e. The van der Waals surface area contributed by atoms with Crippen molar-refractivity contribution in [1.29, 1.82) is 0 Å². The second-order valence-electron chi connectivity index (χ2n) is 7.64. The molecule has 1 fully saturated rings. The number of nitrogens with zero attached hydrogens (tertiary/aromatic N) is 2. The molecular weight excluding hydrogens is 410 g/mol. The minimum atomic E-state index is -0.283. The van der Waals surface area contributed by atoms with Gasteiger partial charge in [-0.05, 0) is 36.6 Å². The summed E-state index contributed by atoms with van der Waals surface area (Å²) in [5.74, 6) is 0.930. The van der Waals surface area contributed by atoms with Gasteiger partial charge in [-0.25, -0.2) is 9.78 Å². The fourth-order valence-electron chi connectivity index (χ4n) is 3.85. The van der Waals surface area contributed by atoms with Crippen LogP contribution in [0.5, 0.6) is 5.75 Å². The summed E-state index contributed by atoms with van der Waals surface area (Å²) in [5, 5.41) is 3.18. The lowest BCUT2D eigenvalue weighted by Crippen LogP contribution is -2.39. The zero-order valence-corrected chi connectivity index (χ0v) is 17.8. The molecule has 2 aliphatic rings. The molecule has 6 nitrogen and oxygen atoms in total. The van der Waals surface area contributed by atoms with Gasteiger partial charge < -0.3 is 9.64 Å². The SMILES string of the molecule is O=C(Oc1ccccc1)N1CCC(c2nc(C3=CC(c4ccccc4)ON3)cs2)CC1. The summed E-state index contributed by atoms with van der Waals surface area (Å²) in [5.41, 5.74) is 5.94. The number of carbonyl (C=O) groups excluding carboxylic acids is 1. The third kappa shape index (κ3) is 4.47. The Balaban J connectivity index is 1.18. The van der Waals surface area contributed by atoms with Crippen molar-refractivity contribution in [3.63, 3.8) is 0 Å². The maximum absolute atomic E-state index is 12.4. The number of amides is 1. The molecule has 2 aliphatic heterocycles. The molecule has 158 valence electrons. The number of piperidine rings is 1. The number of aromatic nitrogens is 1. The minimum Gasteiger partial charge on any atom is -0.410 e. The molecule has 3 aromatic rings. The summed E-state index contributed by atoms with van der Waals surface area (Å²) in [7, 11) is 0. The quantitative estimate of drug-likeness (QED) is 0.617. The van der Waals surface area contributed by atoms with E-state index in [2.05, 4.69) is 29.1 Å². The molecule has 1 amide bonds. The molecule has 2 aromatic carbocycles. The Kier molecular flexibility index (Phi) is 5.69. The molecule has 1 N–H and O–H groups in total.